The summed E-state index contributed by atoms with van der Waals surface area (Å²) in [6.07, 6.45) is 1.33. The van der Waals surface area contributed by atoms with Crippen LogP contribution in [0.15, 0.2) is 18.2 Å². The van der Waals surface area contributed by atoms with Crippen LogP contribution in [0.25, 0.3) is 0 Å². The van der Waals surface area contributed by atoms with E-state index in [0.717, 1.165) is 24.3 Å². The van der Waals surface area contributed by atoms with E-state index in [1.54, 1.807) is 0 Å². The van der Waals surface area contributed by atoms with Crippen molar-refractivity contribution < 1.29 is 4.74 Å². The van der Waals surface area contributed by atoms with Gasteiger partial charge in [-0.3, -0.25) is 0 Å². The van der Waals surface area contributed by atoms with E-state index < -0.39 is 0 Å². The van der Waals surface area contributed by atoms with Gasteiger partial charge < -0.3 is 15.4 Å². The molecule has 3 heteroatoms. The number of rotatable bonds is 3. The molecule has 3 nitrogen and oxygen atoms in total. The van der Waals surface area contributed by atoms with Crippen molar-refractivity contribution in [2.24, 2.45) is 5.73 Å². The Bertz CT molecular complexity index is 390. The lowest BCUT2D eigenvalue weighted by molar-refractivity contribution is 0.186. The molecule has 0 fully saturated rings. The first kappa shape index (κ1) is 12.2. The van der Waals surface area contributed by atoms with Crippen molar-refractivity contribution in [1.82, 2.24) is 0 Å². The molecule has 0 aliphatic carbocycles. The van der Waals surface area contributed by atoms with E-state index in [9.17, 15) is 0 Å². The molecule has 17 heavy (non-hydrogen) atoms. The highest BCUT2D eigenvalue weighted by Crippen LogP contribution is 2.35. The molecule has 1 aliphatic rings. The second-order valence-electron chi connectivity index (χ2n) is 4.90. The highest BCUT2D eigenvalue weighted by molar-refractivity contribution is 5.62. The Morgan fingerprint density at radius 3 is 2.82 bits per heavy atom. The van der Waals surface area contributed by atoms with Crippen LogP contribution in [0.3, 0.4) is 0 Å². The van der Waals surface area contributed by atoms with Gasteiger partial charge in [0.05, 0.1) is 12.2 Å². The van der Waals surface area contributed by atoms with Gasteiger partial charge in [-0.05, 0) is 38.0 Å². The van der Waals surface area contributed by atoms with Gasteiger partial charge in [0.25, 0.3) is 0 Å². The fourth-order valence-corrected chi connectivity index (χ4v) is 2.25. The van der Waals surface area contributed by atoms with Crippen LogP contribution in [0.5, 0.6) is 5.75 Å². The number of benzene rings is 1. The average molecular weight is 234 g/mol. The van der Waals surface area contributed by atoms with Gasteiger partial charge in [-0.1, -0.05) is 13.0 Å². The zero-order valence-electron chi connectivity index (χ0n) is 10.9. The zero-order chi connectivity index (χ0) is 12.4. The zero-order valence-corrected chi connectivity index (χ0v) is 10.9. The van der Waals surface area contributed by atoms with E-state index in [2.05, 4.69) is 43.9 Å². The second-order valence-corrected chi connectivity index (χ2v) is 4.90. The number of nitrogens with two attached hydrogens (primary N) is 1. The normalized spacial score (nSPS) is 19.1. The van der Waals surface area contributed by atoms with Crippen molar-refractivity contribution in [3.63, 3.8) is 0 Å². The summed E-state index contributed by atoms with van der Waals surface area (Å²) in [7, 11) is 0. The van der Waals surface area contributed by atoms with Gasteiger partial charge in [-0.15, -0.1) is 0 Å². The van der Waals surface area contributed by atoms with Crippen molar-refractivity contribution in [3.8, 4) is 5.75 Å². The maximum absolute atomic E-state index is 6.01. The molecule has 2 N–H and O–H groups in total. The molecule has 0 radical (unpaired) electrons. The van der Waals surface area contributed by atoms with Crippen molar-refractivity contribution in [1.29, 1.82) is 0 Å². The molecule has 0 saturated heterocycles. The minimum Gasteiger partial charge on any atom is -0.486 e. The Hall–Kier alpha value is -1.22. The minimum atomic E-state index is 0.290. The number of anilines is 1. The third kappa shape index (κ3) is 2.39. The van der Waals surface area contributed by atoms with Crippen LogP contribution in [-0.2, 0) is 6.54 Å². The average Bonchev–Trinajstić information content (AvgIpc) is 2.36. The van der Waals surface area contributed by atoms with Crippen LogP contribution in [-0.4, -0.2) is 18.7 Å². The first-order valence-corrected chi connectivity index (χ1v) is 6.42. The molecule has 1 aliphatic heterocycles. The quantitative estimate of drug-likeness (QED) is 0.873. The Kier molecular flexibility index (Phi) is 3.57. The van der Waals surface area contributed by atoms with Gasteiger partial charge in [0.1, 0.15) is 11.9 Å². The van der Waals surface area contributed by atoms with E-state index >= 15 is 0 Å². The molecule has 0 spiro atoms. The van der Waals surface area contributed by atoms with Gasteiger partial charge >= 0.3 is 0 Å². The summed E-state index contributed by atoms with van der Waals surface area (Å²) in [5.41, 5.74) is 8.00. The number of fused-ring (bicyclic) bond motifs is 1. The summed E-state index contributed by atoms with van der Waals surface area (Å²) < 4.78 is 6.01. The molecule has 1 heterocycles. The van der Waals surface area contributed by atoms with Gasteiger partial charge in [0, 0.05) is 12.6 Å². The molecule has 1 atom stereocenters. The second kappa shape index (κ2) is 4.96. The molecule has 0 saturated carbocycles. The molecule has 1 unspecified atom stereocenters. The van der Waals surface area contributed by atoms with E-state index in [0.29, 0.717) is 12.6 Å². The first-order valence-electron chi connectivity index (χ1n) is 6.42. The van der Waals surface area contributed by atoms with Gasteiger partial charge in [-0.25, -0.2) is 0 Å². The van der Waals surface area contributed by atoms with E-state index in [-0.39, 0.29) is 6.10 Å². The fourth-order valence-electron chi connectivity index (χ4n) is 2.25. The fraction of sp³-hybridized carbons (Fsp3) is 0.571. The number of ether oxygens (including phenoxy) is 1. The third-order valence-corrected chi connectivity index (χ3v) is 3.34. The smallest absolute Gasteiger partial charge is 0.143 e. The monoisotopic (exact) mass is 234 g/mol. The standard InChI is InChI=1S/C14H22N2O/c1-4-12-9-16(10(2)3)13-6-5-11(8-15)7-14(13)17-12/h5-7,10,12H,4,8-9,15H2,1-3H3. The van der Waals surface area contributed by atoms with Crippen LogP contribution in [0, 0.1) is 0 Å². The summed E-state index contributed by atoms with van der Waals surface area (Å²) in [6.45, 7) is 8.15. The van der Waals surface area contributed by atoms with Crippen LogP contribution in [0.1, 0.15) is 32.8 Å². The van der Waals surface area contributed by atoms with Gasteiger partial charge in [-0.2, -0.15) is 0 Å². The van der Waals surface area contributed by atoms with Crippen LogP contribution in [0.4, 0.5) is 5.69 Å². The molecule has 0 aromatic heterocycles. The van der Waals surface area contributed by atoms with Crippen molar-refractivity contribution in [2.45, 2.75) is 45.9 Å². The highest BCUT2D eigenvalue weighted by Gasteiger charge is 2.26. The van der Waals surface area contributed by atoms with Gasteiger partial charge in [0.2, 0.25) is 0 Å². The molecule has 0 amide bonds. The number of hydrogen-bond donors (Lipinski definition) is 1. The summed E-state index contributed by atoms with van der Waals surface area (Å²) in [5.74, 6) is 0.986. The summed E-state index contributed by atoms with van der Waals surface area (Å²) in [5, 5.41) is 0. The maximum Gasteiger partial charge on any atom is 0.143 e. The summed E-state index contributed by atoms with van der Waals surface area (Å²) >= 11 is 0. The third-order valence-electron chi connectivity index (χ3n) is 3.34. The van der Waals surface area contributed by atoms with Crippen molar-refractivity contribution in [2.75, 3.05) is 11.4 Å². The Morgan fingerprint density at radius 2 is 2.24 bits per heavy atom. The molecule has 94 valence electrons. The number of nitrogens with zero attached hydrogens (tertiary/aromatic N) is 1. The predicted molar refractivity (Wildman–Crippen MR) is 71.5 cm³/mol. The highest BCUT2D eigenvalue weighted by atomic mass is 16.5. The lowest BCUT2D eigenvalue weighted by Crippen LogP contribution is -2.43. The topological polar surface area (TPSA) is 38.5 Å². The van der Waals surface area contributed by atoms with Gasteiger partial charge in [0.15, 0.2) is 0 Å². The van der Waals surface area contributed by atoms with Crippen molar-refractivity contribution >= 4 is 5.69 Å². The van der Waals surface area contributed by atoms with Crippen LogP contribution < -0.4 is 15.4 Å². The van der Waals surface area contributed by atoms with Crippen LogP contribution >= 0.6 is 0 Å². The molecule has 2 rings (SSSR count). The predicted octanol–water partition coefficient (Wildman–Crippen LogP) is 2.53. The lowest BCUT2D eigenvalue weighted by Gasteiger charge is -2.38. The lowest BCUT2D eigenvalue weighted by atomic mass is 10.1. The van der Waals surface area contributed by atoms with E-state index in [1.807, 2.05) is 0 Å². The SMILES string of the molecule is CCC1CN(C(C)C)c2ccc(CN)cc2O1. The van der Waals surface area contributed by atoms with Crippen molar-refractivity contribution in [3.05, 3.63) is 23.8 Å². The molecular weight excluding hydrogens is 212 g/mol. The first-order chi connectivity index (χ1) is 8.15. The Labute approximate surface area is 104 Å². The molecule has 1 aromatic carbocycles. The molecule has 0 bridgehead atoms. The maximum atomic E-state index is 6.01. The summed E-state index contributed by atoms with van der Waals surface area (Å²) in [4.78, 5) is 2.41. The molecule has 1 aromatic rings. The summed E-state index contributed by atoms with van der Waals surface area (Å²) in [6, 6.07) is 6.79. The number of hydrogen-bond acceptors (Lipinski definition) is 3. The Morgan fingerprint density at radius 1 is 1.47 bits per heavy atom. The minimum absolute atomic E-state index is 0.290. The van der Waals surface area contributed by atoms with Crippen LogP contribution in [0.2, 0.25) is 0 Å². The Balaban J connectivity index is 2.37. The van der Waals surface area contributed by atoms with E-state index in [4.69, 9.17) is 10.5 Å². The van der Waals surface area contributed by atoms with E-state index in [1.165, 1.54) is 5.69 Å². The molecular formula is C14H22N2O. The largest absolute Gasteiger partial charge is 0.486 e.